The second-order valence-corrected chi connectivity index (χ2v) is 4.68. The summed E-state index contributed by atoms with van der Waals surface area (Å²) in [5.41, 5.74) is -0.0947. The molecule has 0 atom stereocenters. The van der Waals surface area contributed by atoms with E-state index in [2.05, 4.69) is 6.07 Å². The minimum Gasteiger partial charge on any atom is -0.198 e. The van der Waals surface area contributed by atoms with Crippen molar-refractivity contribution >= 4 is 0 Å². The summed E-state index contributed by atoms with van der Waals surface area (Å²) in [6.45, 7) is 4.09. The van der Waals surface area contributed by atoms with Gasteiger partial charge in [-0.15, -0.1) is 0 Å². The lowest BCUT2D eigenvalue weighted by atomic mass is 9.86. The molecule has 0 aliphatic heterocycles. The highest BCUT2D eigenvalue weighted by atomic mass is 14.3. The van der Waals surface area contributed by atoms with Gasteiger partial charge in [0.2, 0.25) is 0 Å². The summed E-state index contributed by atoms with van der Waals surface area (Å²) < 4.78 is 0. The second-order valence-electron chi connectivity index (χ2n) is 4.68. The number of hydrogen-bond acceptors (Lipinski definition) is 1. The molecule has 1 aliphatic carbocycles. The third-order valence-electron chi connectivity index (χ3n) is 2.95. The summed E-state index contributed by atoms with van der Waals surface area (Å²) in [5.74, 6) is 0.928. The molecule has 1 fully saturated rings. The van der Waals surface area contributed by atoms with Crippen molar-refractivity contribution in [3.8, 4) is 6.07 Å². The van der Waals surface area contributed by atoms with Gasteiger partial charge in [0, 0.05) is 0 Å². The number of rotatable bonds is 3. The molecular weight excluding hydrogens is 146 g/mol. The van der Waals surface area contributed by atoms with Crippen molar-refractivity contribution in [2.45, 2.75) is 52.4 Å². The van der Waals surface area contributed by atoms with Crippen LogP contribution >= 0.6 is 0 Å². The van der Waals surface area contributed by atoms with Crippen molar-refractivity contribution in [2.75, 3.05) is 0 Å². The third-order valence-corrected chi connectivity index (χ3v) is 2.95. The monoisotopic (exact) mass is 165 g/mol. The van der Waals surface area contributed by atoms with Crippen LogP contribution in [0.4, 0.5) is 0 Å². The largest absolute Gasteiger partial charge is 0.198 e. The van der Waals surface area contributed by atoms with E-state index in [0.717, 1.165) is 12.3 Å². The Kier molecular flexibility index (Phi) is 3.14. The third kappa shape index (κ3) is 2.85. The van der Waals surface area contributed by atoms with Gasteiger partial charge in [-0.1, -0.05) is 25.7 Å². The van der Waals surface area contributed by atoms with E-state index >= 15 is 0 Å². The Bertz CT molecular complexity index is 170. The van der Waals surface area contributed by atoms with Gasteiger partial charge in [0.15, 0.2) is 0 Å². The van der Waals surface area contributed by atoms with Gasteiger partial charge in [0.25, 0.3) is 0 Å². The van der Waals surface area contributed by atoms with Crippen LogP contribution in [0.15, 0.2) is 0 Å². The van der Waals surface area contributed by atoms with E-state index in [1.807, 2.05) is 13.8 Å². The molecule has 0 bridgehead atoms. The van der Waals surface area contributed by atoms with E-state index in [9.17, 15) is 0 Å². The summed E-state index contributed by atoms with van der Waals surface area (Å²) in [6.07, 6.45) is 7.98. The van der Waals surface area contributed by atoms with Crippen molar-refractivity contribution in [3.63, 3.8) is 0 Å². The van der Waals surface area contributed by atoms with E-state index in [1.54, 1.807) is 0 Å². The van der Waals surface area contributed by atoms with Crippen molar-refractivity contribution in [3.05, 3.63) is 0 Å². The SMILES string of the molecule is CC(C)(C#N)CCC1CCCC1. The van der Waals surface area contributed by atoms with Gasteiger partial charge in [-0.3, -0.25) is 0 Å². The molecule has 68 valence electrons. The van der Waals surface area contributed by atoms with Gasteiger partial charge in [-0.2, -0.15) is 5.26 Å². The summed E-state index contributed by atoms with van der Waals surface area (Å²) in [4.78, 5) is 0. The van der Waals surface area contributed by atoms with Crippen molar-refractivity contribution in [1.82, 2.24) is 0 Å². The topological polar surface area (TPSA) is 23.8 Å². The molecule has 0 spiro atoms. The Hall–Kier alpha value is -0.510. The molecule has 0 radical (unpaired) electrons. The zero-order valence-corrected chi connectivity index (χ0v) is 8.27. The molecule has 0 amide bonds. The smallest absolute Gasteiger partial charge is 0.0683 e. The molecule has 0 N–H and O–H groups in total. The molecule has 0 aromatic carbocycles. The minimum absolute atomic E-state index is 0.0947. The Morgan fingerprint density at radius 3 is 2.42 bits per heavy atom. The van der Waals surface area contributed by atoms with Crippen LogP contribution in [0.2, 0.25) is 0 Å². The Morgan fingerprint density at radius 1 is 1.33 bits per heavy atom. The molecule has 1 heteroatoms. The van der Waals surface area contributed by atoms with Crippen LogP contribution in [0, 0.1) is 22.7 Å². The van der Waals surface area contributed by atoms with Crippen LogP contribution in [0.5, 0.6) is 0 Å². The molecule has 1 nitrogen and oxygen atoms in total. The van der Waals surface area contributed by atoms with Crippen molar-refractivity contribution < 1.29 is 0 Å². The summed E-state index contributed by atoms with van der Waals surface area (Å²) in [5, 5.41) is 8.82. The van der Waals surface area contributed by atoms with Crippen LogP contribution in [-0.4, -0.2) is 0 Å². The fraction of sp³-hybridized carbons (Fsp3) is 0.909. The molecule has 0 unspecified atom stereocenters. The van der Waals surface area contributed by atoms with Crippen molar-refractivity contribution in [2.24, 2.45) is 11.3 Å². The van der Waals surface area contributed by atoms with E-state index in [4.69, 9.17) is 5.26 Å². The fourth-order valence-electron chi connectivity index (χ4n) is 1.92. The van der Waals surface area contributed by atoms with Crippen LogP contribution < -0.4 is 0 Å². The molecule has 1 saturated carbocycles. The molecule has 12 heavy (non-hydrogen) atoms. The first kappa shape index (κ1) is 9.58. The highest BCUT2D eigenvalue weighted by Crippen LogP contribution is 2.32. The van der Waals surface area contributed by atoms with E-state index in [-0.39, 0.29) is 5.41 Å². The van der Waals surface area contributed by atoms with E-state index < -0.39 is 0 Å². The maximum Gasteiger partial charge on any atom is 0.0683 e. The predicted octanol–water partition coefficient (Wildman–Crippen LogP) is 3.51. The quantitative estimate of drug-likeness (QED) is 0.627. The van der Waals surface area contributed by atoms with Crippen LogP contribution in [0.1, 0.15) is 52.4 Å². The number of hydrogen-bond donors (Lipinski definition) is 0. The average molecular weight is 165 g/mol. The first-order valence-corrected chi connectivity index (χ1v) is 5.05. The summed E-state index contributed by atoms with van der Waals surface area (Å²) in [7, 11) is 0. The normalized spacial score (nSPS) is 19.4. The average Bonchev–Trinajstić information content (AvgIpc) is 2.53. The van der Waals surface area contributed by atoms with Gasteiger partial charge < -0.3 is 0 Å². The molecule has 0 aromatic heterocycles. The minimum atomic E-state index is -0.0947. The van der Waals surface area contributed by atoms with Gasteiger partial charge in [-0.05, 0) is 32.6 Å². The lowest BCUT2D eigenvalue weighted by molar-refractivity contribution is 0.371. The maximum absolute atomic E-state index is 8.82. The van der Waals surface area contributed by atoms with E-state index in [0.29, 0.717) is 0 Å². The summed E-state index contributed by atoms with van der Waals surface area (Å²) in [6, 6.07) is 2.37. The maximum atomic E-state index is 8.82. The zero-order valence-electron chi connectivity index (χ0n) is 8.27. The van der Waals surface area contributed by atoms with Gasteiger partial charge in [0.05, 0.1) is 11.5 Å². The zero-order chi connectivity index (χ0) is 9.03. The molecule has 0 heterocycles. The van der Waals surface area contributed by atoms with Crippen LogP contribution in [0.25, 0.3) is 0 Å². The first-order valence-electron chi connectivity index (χ1n) is 5.05. The number of nitriles is 1. The van der Waals surface area contributed by atoms with Crippen LogP contribution in [0.3, 0.4) is 0 Å². The highest BCUT2D eigenvalue weighted by Gasteiger charge is 2.21. The van der Waals surface area contributed by atoms with Crippen LogP contribution in [-0.2, 0) is 0 Å². The Labute approximate surface area is 75.8 Å². The lowest BCUT2D eigenvalue weighted by Gasteiger charge is -2.17. The Balaban J connectivity index is 2.21. The number of nitrogens with zero attached hydrogens (tertiary/aromatic N) is 1. The standard InChI is InChI=1S/C11H19N/c1-11(2,9-12)8-7-10-5-3-4-6-10/h10H,3-8H2,1-2H3. The van der Waals surface area contributed by atoms with Gasteiger partial charge in [0.1, 0.15) is 0 Å². The highest BCUT2D eigenvalue weighted by molar-refractivity contribution is 4.91. The molecule has 0 aromatic rings. The van der Waals surface area contributed by atoms with Gasteiger partial charge in [-0.25, -0.2) is 0 Å². The second kappa shape index (κ2) is 3.94. The molecule has 0 saturated heterocycles. The lowest BCUT2D eigenvalue weighted by Crippen LogP contribution is -2.09. The Morgan fingerprint density at radius 2 is 1.92 bits per heavy atom. The van der Waals surface area contributed by atoms with E-state index in [1.165, 1.54) is 32.1 Å². The van der Waals surface area contributed by atoms with Gasteiger partial charge >= 0.3 is 0 Å². The fourth-order valence-corrected chi connectivity index (χ4v) is 1.92. The van der Waals surface area contributed by atoms with Crippen molar-refractivity contribution in [1.29, 1.82) is 5.26 Å². The molecule has 1 aliphatic rings. The summed E-state index contributed by atoms with van der Waals surface area (Å²) >= 11 is 0. The molecule has 1 rings (SSSR count). The predicted molar refractivity (Wildman–Crippen MR) is 50.6 cm³/mol. The molecular formula is C11H19N. The first-order chi connectivity index (χ1) is 5.64.